The summed E-state index contributed by atoms with van der Waals surface area (Å²) in [6.07, 6.45) is 0. The van der Waals surface area contributed by atoms with E-state index < -0.39 is 0 Å². The Morgan fingerprint density at radius 1 is 0.152 bits per heavy atom. The number of anilines is 9. The number of hydrogen-bond donors (Lipinski definition) is 0. The van der Waals surface area contributed by atoms with Crippen molar-refractivity contribution in [1.29, 1.82) is 0 Å². The summed E-state index contributed by atoms with van der Waals surface area (Å²) in [5, 5.41) is 14.5. The molecule has 3 aromatic heterocycles. The van der Waals surface area contributed by atoms with Crippen molar-refractivity contribution in [2.75, 3.05) is 14.7 Å². The molecule has 0 aliphatic rings. The molecule has 138 heavy (non-hydrogen) atoms. The molecular weight excluding hydrogens is 1670 g/mol. The first-order valence-corrected chi connectivity index (χ1v) is 49.1. The monoisotopic (exact) mass is 1790 g/mol. The zero-order valence-corrected chi connectivity index (χ0v) is 82.8. The maximum atomic E-state index is 2.50. The lowest BCUT2D eigenvalue weighted by Gasteiger charge is -2.34. The molecule has 19 aromatic carbocycles. The van der Waals surface area contributed by atoms with Crippen LogP contribution in [-0.2, 0) is 32.5 Å². The van der Waals surface area contributed by atoms with E-state index in [1.165, 1.54) is 98.8 Å². The van der Waals surface area contributed by atoms with E-state index in [1.807, 2.05) is 0 Å². The number of nitrogens with zero attached hydrogens (tertiary/aromatic N) is 6. The summed E-state index contributed by atoms with van der Waals surface area (Å²) < 4.78 is 7.38. The molecule has 0 amide bonds. The quantitative estimate of drug-likeness (QED) is 0.102. The molecule has 3 heterocycles. The van der Waals surface area contributed by atoms with Crippen LogP contribution in [0, 0.1) is 0 Å². The minimum atomic E-state index is -0.00389. The van der Waals surface area contributed by atoms with Crippen molar-refractivity contribution in [1.82, 2.24) is 13.7 Å². The second-order valence-corrected chi connectivity index (χ2v) is 44.4. The Bertz CT molecular complexity index is 7470. The van der Waals surface area contributed by atoms with Crippen molar-refractivity contribution < 1.29 is 0 Å². The Morgan fingerprint density at radius 3 is 0.529 bits per heavy atom. The molecule has 22 aromatic rings. The van der Waals surface area contributed by atoms with E-state index in [-0.39, 0.29) is 32.5 Å². The molecule has 0 unspecified atom stereocenters. The summed E-state index contributed by atoms with van der Waals surface area (Å²) in [5.74, 6) is 0. The molecule has 0 saturated heterocycles. The van der Waals surface area contributed by atoms with E-state index in [2.05, 4.69) is 553 Å². The standard InChI is InChI=1S/C132H120N6/c1-127(2,3)94-52-70-121-112(76-94)113-77-95(128(4,5)6)53-71-122(113)136(121)103-64-46-88(47-65-103)85-40-58-100(59-41-85)133(118-37-25-31-91-28-19-22-34-109(91)118)106-82-107(134(119-38-26-32-92-29-20-23-35-110(92)119)101-60-42-86(43-61-101)89-48-66-104(67-49-89)137-123-72-54-96(129(7,8)9)78-114(123)115-79-97(130(10,11)12)55-73-124(115)137)84-108(83-106)135(120-39-27-33-93-30-21-24-36-111(93)120)102-62-44-87(45-63-102)90-50-68-105(69-51-90)138-125-74-56-98(131(13,14)15)80-116(125)117-81-99(132(16,17)18)57-75-126(117)138/h19-84H,1-18H3. The van der Waals surface area contributed by atoms with Crippen LogP contribution in [-0.4, -0.2) is 13.7 Å². The smallest absolute Gasteiger partial charge is 0.0541 e. The third-order valence-electron chi connectivity index (χ3n) is 28.9. The first kappa shape index (κ1) is 88.1. The third-order valence-corrected chi connectivity index (χ3v) is 28.9. The van der Waals surface area contributed by atoms with Crippen LogP contribution in [0.2, 0.25) is 0 Å². The van der Waals surface area contributed by atoms with Gasteiger partial charge in [-0.3, -0.25) is 0 Å². The molecule has 22 rings (SSSR count). The Balaban J connectivity index is 0.709. The average Bonchev–Trinajstić information content (AvgIpc) is 1.49. The highest BCUT2D eigenvalue weighted by Crippen LogP contribution is 2.52. The van der Waals surface area contributed by atoms with Gasteiger partial charge in [-0.05, 0) is 297 Å². The van der Waals surface area contributed by atoms with Gasteiger partial charge >= 0.3 is 0 Å². The highest BCUT2D eigenvalue weighted by molar-refractivity contribution is 6.14. The van der Waals surface area contributed by atoms with Gasteiger partial charge in [0.15, 0.2) is 0 Å². The highest BCUT2D eigenvalue weighted by Gasteiger charge is 2.31. The minimum Gasteiger partial charge on any atom is -0.310 e. The SMILES string of the molecule is CC(C)(C)c1ccc2c(c1)c1cc(C(C)(C)C)ccc1n2-c1ccc(-c2ccc(N(c3cc(N(c4ccc(-c5ccc(-n6c7ccc(C(C)(C)C)cc7c7cc(C(C)(C)C)ccc76)cc5)cc4)c4cccc5ccccc45)cc(N(c4ccc(-c5ccc(-n6c7ccc(C(C)(C)C)cc7c7cc(C(C)(C)C)ccc76)cc5)cc4)c4cccc5ccccc45)c3)c3cccc4ccccc34)cc2)cc1. The first-order valence-electron chi connectivity index (χ1n) is 49.1. The van der Waals surface area contributed by atoms with E-state index >= 15 is 0 Å². The fourth-order valence-corrected chi connectivity index (χ4v) is 21.0. The van der Waals surface area contributed by atoms with Gasteiger partial charge in [0.05, 0.1) is 67.2 Å². The van der Waals surface area contributed by atoms with Crippen molar-refractivity contribution >= 4 is 149 Å². The number of aromatic nitrogens is 3. The van der Waals surface area contributed by atoms with Crippen molar-refractivity contribution in [2.24, 2.45) is 0 Å². The van der Waals surface area contributed by atoms with Gasteiger partial charge in [0.25, 0.3) is 0 Å². The fraction of sp³-hybridized carbons (Fsp3) is 0.182. The molecule has 0 aliphatic heterocycles. The summed E-state index contributed by atoms with van der Waals surface area (Å²) in [6, 6.07) is 152. The molecule has 678 valence electrons. The van der Waals surface area contributed by atoms with Crippen LogP contribution in [0.3, 0.4) is 0 Å². The van der Waals surface area contributed by atoms with Crippen molar-refractivity contribution in [3.05, 3.63) is 434 Å². The van der Waals surface area contributed by atoms with Gasteiger partial charge in [-0.25, -0.2) is 0 Å². The molecule has 0 saturated carbocycles. The Labute approximate surface area is 813 Å². The molecule has 0 radical (unpaired) electrons. The van der Waals surface area contributed by atoms with Gasteiger partial charge in [0, 0.05) is 82.6 Å². The zero-order valence-electron chi connectivity index (χ0n) is 82.8. The van der Waals surface area contributed by atoms with Crippen molar-refractivity contribution in [3.63, 3.8) is 0 Å². The van der Waals surface area contributed by atoms with Gasteiger partial charge in [-0.15, -0.1) is 0 Å². The van der Waals surface area contributed by atoms with Gasteiger partial charge in [-0.2, -0.15) is 0 Å². The second kappa shape index (κ2) is 33.3. The topological polar surface area (TPSA) is 24.5 Å². The van der Waals surface area contributed by atoms with Crippen LogP contribution >= 0.6 is 0 Å². The van der Waals surface area contributed by atoms with Crippen molar-refractivity contribution in [3.8, 4) is 50.4 Å². The van der Waals surface area contributed by atoms with E-state index in [0.29, 0.717) is 0 Å². The number of fused-ring (bicyclic) bond motifs is 12. The van der Waals surface area contributed by atoms with E-state index in [1.54, 1.807) is 0 Å². The minimum absolute atomic E-state index is 0.00389. The van der Waals surface area contributed by atoms with E-state index in [4.69, 9.17) is 0 Å². The lowest BCUT2D eigenvalue weighted by Crippen LogP contribution is -2.17. The van der Waals surface area contributed by atoms with Gasteiger partial charge in [0.1, 0.15) is 0 Å². The average molecular weight is 1790 g/mol. The molecule has 0 N–H and O–H groups in total. The summed E-state index contributed by atoms with van der Waals surface area (Å²) in [5.41, 5.74) is 34.4. The molecule has 6 heteroatoms. The third kappa shape index (κ3) is 15.9. The number of benzene rings is 19. The molecule has 0 aliphatic carbocycles. The normalized spacial score (nSPS) is 12.6. The van der Waals surface area contributed by atoms with Crippen LogP contribution in [0.25, 0.3) is 148 Å². The molecule has 0 bridgehead atoms. The van der Waals surface area contributed by atoms with E-state index in [0.717, 1.165) is 134 Å². The molecule has 0 spiro atoms. The van der Waals surface area contributed by atoms with E-state index in [9.17, 15) is 0 Å². The van der Waals surface area contributed by atoms with Gasteiger partial charge < -0.3 is 28.4 Å². The number of hydrogen-bond acceptors (Lipinski definition) is 3. The Morgan fingerprint density at radius 2 is 0.333 bits per heavy atom. The molecule has 6 nitrogen and oxygen atoms in total. The second-order valence-electron chi connectivity index (χ2n) is 44.4. The van der Waals surface area contributed by atoms with Crippen LogP contribution in [0.5, 0.6) is 0 Å². The summed E-state index contributed by atoms with van der Waals surface area (Å²) >= 11 is 0. The maximum absolute atomic E-state index is 2.50. The van der Waals surface area contributed by atoms with Gasteiger partial charge in [0.2, 0.25) is 0 Å². The first-order chi connectivity index (χ1) is 66.2. The zero-order chi connectivity index (χ0) is 95.4. The predicted octanol–water partition coefficient (Wildman–Crippen LogP) is 37.6. The lowest BCUT2D eigenvalue weighted by molar-refractivity contribution is 0.590. The van der Waals surface area contributed by atoms with Crippen molar-refractivity contribution in [2.45, 2.75) is 157 Å². The van der Waals surface area contributed by atoms with Gasteiger partial charge in [-0.1, -0.05) is 343 Å². The Kier molecular flexibility index (Phi) is 21.3. The largest absolute Gasteiger partial charge is 0.310 e. The van der Waals surface area contributed by atoms with Crippen LogP contribution in [0.1, 0.15) is 158 Å². The molecule has 0 fully saturated rings. The number of rotatable bonds is 15. The molecular formula is C132H120N6. The summed E-state index contributed by atoms with van der Waals surface area (Å²) in [6.45, 7) is 41.6. The highest BCUT2D eigenvalue weighted by atomic mass is 15.2. The lowest BCUT2D eigenvalue weighted by atomic mass is 9.85. The van der Waals surface area contributed by atoms with Crippen LogP contribution < -0.4 is 14.7 Å². The van der Waals surface area contributed by atoms with Crippen LogP contribution in [0.4, 0.5) is 51.2 Å². The Hall–Kier alpha value is -15.2. The summed E-state index contributed by atoms with van der Waals surface area (Å²) in [4.78, 5) is 7.50. The summed E-state index contributed by atoms with van der Waals surface area (Å²) in [7, 11) is 0. The fourth-order valence-electron chi connectivity index (χ4n) is 21.0. The predicted molar refractivity (Wildman–Crippen MR) is 595 cm³/mol. The molecule has 0 atom stereocenters. The van der Waals surface area contributed by atoms with Crippen LogP contribution in [0.15, 0.2) is 400 Å². The maximum Gasteiger partial charge on any atom is 0.0541 e.